The number of nitrogens with one attached hydrogen (secondary N) is 1. The number of hydrogen-bond donors (Lipinski definition) is 4. The molecule has 0 bridgehead atoms. The van der Waals surface area contributed by atoms with Crippen molar-refractivity contribution < 1.29 is 14.1 Å². The minimum atomic E-state index is -1.44. The van der Waals surface area contributed by atoms with E-state index in [1.807, 2.05) is 0 Å². The molecule has 4 rings (SSSR count). The van der Waals surface area contributed by atoms with Crippen molar-refractivity contribution in [1.82, 2.24) is 4.98 Å². The van der Waals surface area contributed by atoms with Crippen molar-refractivity contribution in [3.63, 3.8) is 0 Å². The minimum absolute atomic E-state index is 0.250. The quantitative estimate of drug-likeness (QED) is 0.503. The molecular formula is C22H34N4O3S2. The first-order valence-corrected chi connectivity index (χ1v) is 12.6. The van der Waals surface area contributed by atoms with Crippen LogP contribution in [0.2, 0.25) is 0 Å². The number of carbonyl (C=O) groups is 1. The Labute approximate surface area is 191 Å². The van der Waals surface area contributed by atoms with E-state index in [4.69, 9.17) is 14.9 Å². The van der Waals surface area contributed by atoms with Gasteiger partial charge < -0.3 is 16.2 Å². The second kappa shape index (κ2) is 11.2. The molecule has 9 heteroatoms. The Hall–Kier alpha value is -1.81. The number of carbonyl (C=O) groups excluding carboxylic acids is 1. The van der Waals surface area contributed by atoms with Crippen LogP contribution >= 0.6 is 11.3 Å². The van der Waals surface area contributed by atoms with Crippen LogP contribution in [0.15, 0.2) is 15.7 Å². The number of aliphatic hydroxyl groups is 1. The monoisotopic (exact) mass is 466 g/mol. The molecular weight excluding hydrogens is 432 g/mol. The summed E-state index contributed by atoms with van der Waals surface area (Å²) in [5.74, 6) is 0.802. The average molecular weight is 467 g/mol. The van der Waals surface area contributed by atoms with Crippen LogP contribution in [0.5, 0.6) is 0 Å². The Bertz CT molecular complexity index is 918. The normalized spacial score (nSPS) is 15.7. The van der Waals surface area contributed by atoms with Gasteiger partial charge in [-0.2, -0.15) is 0 Å². The molecule has 1 unspecified atom stereocenters. The highest BCUT2D eigenvalue weighted by atomic mass is 32.2. The van der Waals surface area contributed by atoms with Crippen LogP contribution in [0.4, 0.5) is 5.69 Å². The topological polar surface area (TPSA) is 131 Å². The summed E-state index contributed by atoms with van der Waals surface area (Å²) in [5.41, 5.74) is 11.3. The lowest BCUT2D eigenvalue weighted by Crippen LogP contribution is -2.14. The Morgan fingerprint density at radius 2 is 2.03 bits per heavy atom. The van der Waals surface area contributed by atoms with Crippen LogP contribution < -0.4 is 16.2 Å². The maximum absolute atomic E-state index is 10.8. The van der Waals surface area contributed by atoms with E-state index >= 15 is 0 Å². The molecule has 31 heavy (non-hydrogen) atoms. The van der Waals surface area contributed by atoms with E-state index < -0.39 is 16.6 Å². The van der Waals surface area contributed by atoms with Crippen LogP contribution in [0, 0.1) is 0 Å². The van der Waals surface area contributed by atoms with Crippen molar-refractivity contribution in [1.29, 1.82) is 0 Å². The number of pyridine rings is 1. The van der Waals surface area contributed by atoms with Gasteiger partial charge >= 0.3 is 0 Å². The molecule has 2 aromatic rings. The molecule has 1 saturated carbocycles. The van der Waals surface area contributed by atoms with Gasteiger partial charge in [0, 0.05) is 29.7 Å². The first-order chi connectivity index (χ1) is 14.7. The summed E-state index contributed by atoms with van der Waals surface area (Å²) < 4.78 is 11.4. The van der Waals surface area contributed by atoms with Crippen molar-refractivity contribution in [3.05, 3.63) is 39.5 Å². The number of hydrogen-bond acceptors (Lipinski definition) is 6. The molecule has 7 nitrogen and oxygen atoms in total. The van der Waals surface area contributed by atoms with E-state index in [1.54, 1.807) is 30.9 Å². The van der Waals surface area contributed by atoms with Gasteiger partial charge in [0.25, 0.3) is 0 Å². The van der Waals surface area contributed by atoms with Gasteiger partial charge in [-0.1, -0.05) is 6.92 Å². The van der Waals surface area contributed by atoms with E-state index in [0.717, 1.165) is 17.9 Å². The fourth-order valence-electron chi connectivity index (χ4n) is 3.76. The number of aryl methyl sites for hydroxylation is 2. The molecule has 2 heterocycles. The number of anilines is 1. The van der Waals surface area contributed by atoms with Crippen LogP contribution in [-0.4, -0.2) is 27.8 Å². The highest BCUT2D eigenvalue weighted by Gasteiger charge is 2.32. The van der Waals surface area contributed by atoms with Gasteiger partial charge in [-0.15, -0.1) is 11.3 Å². The lowest BCUT2D eigenvalue weighted by Gasteiger charge is -2.17. The number of rotatable bonds is 5. The molecule has 0 aliphatic heterocycles. The summed E-state index contributed by atoms with van der Waals surface area (Å²) >= 11 is 1.30. The molecule has 2 aliphatic rings. The zero-order chi connectivity index (χ0) is 23.2. The molecule has 1 atom stereocenters. The Balaban J connectivity index is 0.000000203. The lowest BCUT2D eigenvalue weighted by atomic mass is 9.99. The third-order valence-corrected chi connectivity index (χ3v) is 7.41. The van der Waals surface area contributed by atoms with Crippen LogP contribution in [0.25, 0.3) is 0 Å². The Kier molecular flexibility index (Phi) is 9.17. The Morgan fingerprint density at radius 1 is 1.39 bits per heavy atom. The summed E-state index contributed by atoms with van der Waals surface area (Å²) in [5, 5.41) is 19.9. The molecule has 172 valence electrons. The maximum Gasteiger partial charge on any atom is 0.204 e. The number of nitrogens with zero attached hydrogens (tertiary/aromatic N) is 1. The number of amides is 1. The molecule has 1 amide bonds. The van der Waals surface area contributed by atoms with E-state index in [0.29, 0.717) is 4.21 Å². The van der Waals surface area contributed by atoms with E-state index in [-0.39, 0.29) is 6.41 Å². The van der Waals surface area contributed by atoms with Crippen LogP contribution in [0.3, 0.4) is 0 Å². The first-order valence-electron chi connectivity index (χ1n) is 10.5. The van der Waals surface area contributed by atoms with Crippen molar-refractivity contribution in [2.75, 3.05) is 12.4 Å². The van der Waals surface area contributed by atoms with E-state index in [1.165, 1.54) is 66.1 Å². The summed E-state index contributed by atoms with van der Waals surface area (Å²) in [6.45, 7) is 5.59. The first kappa shape index (κ1) is 25.5. The SMILES string of the molecule is CC(C)(O)c1csc(S(N)=O)c1.CCc1nc2c(c(NC)c1C1CC1)CCC2.NC=O. The van der Waals surface area contributed by atoms with E-state index in [9.17, 15) is 9.32 Å². The molecule has 2 aromatic heterocycles. The minimum Gasteiger partial charge on any atom is -0.388 e. The number of fused-ring (bicyclic) bond motifs is 1. The van der Waals surface area contributed by atoms with Crippen molar-refractivity contribution in [3.8, 4) is 0 Å². The Morgan fingerprint density at radius 3 is 2.45 bits per heavy atom. The summed E-state index contributed by atoms with van der Waals surface area (Å²) in [7, 11) is 0.633. The van der Waals surface area contributed by atoms with Crippen LogP contribution in [0.1, 0.15) is 74.0 Å². The van der Waals surface area contributed by atoms with Gasteiger partial charge in [-0.3, -0.25) is 9.78 Å². The third kappa shape index (κ3) is 6.58. The summed E-state index contributed by atoms with van der Waals surface area (Å²) in [6, 6.07) is 1.67. The zero-order valence-electron chi connectivity index (χ0n) is 18.7. The van der Waals surface area contributed by atoms with Crippen LogP contribution in [-0.2, 0) is 40.6 Å². The largest absolute Gasteiger partial charge is 0.388 e. The number of nitrogens with two attached hydrogens (primary N) is 2. The molecule has 0 spiro atoms. The fourth-order valence-corrected chi connectivity index (χ4v) is 5.32. The molecule has 1 fully saturated rings. The van der Waals surface area contributed by atoms with Gasteiger partial charge in [-0.05, 0) is 80.9 Å². The zero-order valence-corrected chi connectivity index (χ0v) is 20.4. The van der Waals surface area contributed by atoms with Gasteiger partial charge in [-0.25, -0.2) is 9.35 Å². The summed E-state index contributed by atoms with van der Waals surface area (Å²) in [6.07, 6.45) is 7.75. The predicted molar refractivity (Wildman–Crippen MR) is 128 cm³/mol. The molecule has 0 radical (unpaired) electrons. The third-order valence-electron chi connectivity index (χ3n) is 5.39. The average Bonchev–Trinajstić information content (AvgIpc) is 3.21. The predicted octanol–water partition coefficient (Wildman–Crippen LogP) is 3.11. The van der Waals surface area contributed by atoms with Gasteiger partial charge in [0.1, 0.15) is 15.2 Å². The summed E-state index contributed by atoms with van der Waals surface area (Å²) in [4.78, 5) is 13.5. The second-order valence-corrected chi connectivity index (χ2v) is 10.4. The number of aromatic nitrogens is 1. The maximum atomic E-state index is 10.8. The van der Waals surface area contributed by atoms with Gasteiger partial charge in [0.15, 0.2) is 0 Å². The molecule has 6 N–H and O–H groups in total. The second-order valence-electron chi connectivity index (χ2n) is 8.15. The van der Waals surface area contributed by atoms with Gasteiger partial charge in [0.2, 0.25) is 6.41 Å². The molecule has 0 saturated heterocycles. The van der Waals surface area contributed by atoms with Crippen molar-refractivity contribution in [2.24, 2.45) is 10.9 Å². The number of primary amides is 1. The fraction of sp³-hybridized carbons (Fsp3) is 0.545. The standard InChI is InChI=1S/C14H20N2.C7H11NO2S2.CH3NO/c1-3-11-13(9-7-8-9)14(15-2)10-5-4-6-12(10)16-11;1-7(2,9)5-3-6(11-4-5)12(8)10;2-1-3/h9H,3-8H2,1-2H3,(H,15,16);3-4,9H,8H2,1-2H3;1H,(H2,2,3). The highest BCUT2D eigenvalue weighted by Crippen LogP contribution is 2.47. The lowest BCUT2D eigenvalue weighted by molar-refractivity contribution is -0.106. The molecule has 0 aromatic carbocycles. The van der Waals surface area contributed by atoms with E-state index in [2.05, 4.69) is 25.0 Å². The van der Waals surface area contributed by atoms with Crippen molar-refractivity contribution in [2.45, 2.75) is 75.0 Å². The van der Waals surface area contributed by atoms with Gasteiger partial charge in [0.05, 0.1) is 5.60 Å². The molecule has 2 aliphatic carbocycles. The van der Waals surface area contributed by atoms with Crippen molar-refractivity contribution >= 4 is 34.4 Å². The number of thiophene rings is 1. The smallest absolute Gasteiger partial charge is 0.204 e. The highest BCUT2D eigenvalue weighted by molar-refractivity contribution is 7.85.